The first-order valence-electron chi connectivity index (χ1n) is 4.94. The minimum Gasteiger partial charge on any atom is -0.364 e. The summed E-state index contributed by atoms with van der Waals surface area (Å²) >= 11 is 0. The lowest BCUT2D eigenvalue weighted by Gasteiger charge is -2.26. The number of allylic oxidation sites excluding steroid dienone is 5. The smallest absolute Gasteiger partial charge is 0.150 e. The second kappa shape index (κ2) is 4.79. The van der Waals surface area contributed by atoms with E-state index in [-0.39, 0.29) is 0 Å². The van der Waals surface area contributed by atoms with Crippen LogP contribution >= 0.6 is 0 Å². The first-order chi connectivity index (χ1) is 7.51. The Bertz CT molecular complexity index is 365. The molecule has 0 saturated carbocycles. The summed E-state index contributed by atoms with van der Waals surface area (Å²) in [4.78, 5) is 25.4. The summed E-state index contributed by atoms with van der Waals surface area (Å²) in [5.41, 5.74) is 1.75. The molecule has 1 aliphatic carbocycles. The van der Waals surface area contributed by atoms with E-state index in [1.165, 1.54) is 0 Å². The summed E-state index contributed by atoms with van der Waals surface area (Å²) in [6.07, 6.45) is 4.87. The maximum Gasteiger partial charge on any atom is 0.150 e. The Morgan fingerprint density at radius 1 is 0.938 bits per heavy atom. The van der Waals surface area contributed by atoms with Crippen molar-refractivity contribution in [2.75, 3.05) is 28.2 Å². The highest BCUT2D eigenvalue weighted by molar-refractivity contribution is 5.98. The SMILES string of the molecule is CN(C)C(=C1C=C(C=O)C(C=O)=C1)N(C)C. The predicted octanol–water partition coefficient (Wildman–Crippen LogP) is 0.585. The first-order valence-corrected chi connectivity index (χ1v) is 4.94. The van der Waals surface area contributed by atoms with Gasteiger partial charge < -0.3 is 9.80 Å². The summed E-state index contributed by atoms with van der Waals surface area (Å²) in [6, 6.07) is 0. The highest BCUT2D eigenvalue weighted by atomic mass is 16.1. The van der Waals surface area contributed by atoms with Crippen LogP contribution in [0, 0.1) is 0 Å². The van der Waals surface area contributed by atoms with Gasteiger partial charge in [-0.1, -0.05) is 0 Å². The van der Waals surface area contributed by atoms with E-state index in [1.807, 2.05) is 38.0 Å². The van der Waals surface area contributed by atoms with Crippen LogP contribution in [0.15, 0.2) is 34.7 Å². The topological polar surface area (TPSA) is 40.6 Å². The molecule has 86 valence electrons. The minimum absolute atomic E-state index is 0.436. The molecule has 0 saturated heterocycles. The number of carbonyl (C=O) groups excluding carboxylic acids is 2. The molecule has 0 heterocycles. The normalized spacial score (nSPS) is 14.1. The fourth-order valence-corrected chi connectivity index (χ4v) is 1.79. The Hall–Kier alpha value is -1.84. The Morgan fingerprint density at radius 3 is 1.56 bits per heavy atom. The van der Waals surface area contributed by atoms with E-state index in [1.54, 1.807) is 12.2 Å². The van der Waals surface area contributed by atoms with Gasteiger partial charge in [0.1, 0.15) is 5.82 Å². The van der Waals surface area contributed by atoms with Crippen LogP contribution in [0.25, 0.3) is 0 Å². The molecule has 0 aromatic heterocycles. The van der Waals surface area contributed by atoms with E-state index in [0.717, 1.165) is 11.4 Å². The van der Waals surface area contributed by atoms with Gasteiger partial charge in [0.15, 0.2) is 12.6 Å². The molecule has 0 aromatic rings. The van der Waals surface area contributed by atoms with Gasteiger partial charge in [0.2, 0.25) is 0 Å². The van der Waals surface area contributed by atoms with Crippen molar-refractivity contribution in [3.05, 3.63) is 34.7 Å². The van der Waals surface area contributed by atoms with Gasteiger partial charge in [0, 0.05) is 44.9 Å². The van der Waals surface area contributed by atoms with Gasteiger partial charge in [0.05, 0.1) is 0 Å². The molecule has 0 spiro atoms. The number of carbonyl (C=O) groups is 2. The van der Waals surface area contributed by atoms with Crippen molar-refractivity contribution in [2.24, 2.45) is 0 Å². The van der Waals surface area contributed by atoms with Gasteiger partial charge in [-0.25, -0.2) is 0 Å². The van der Waals surface area contributed by atoms with Crippen molar-refractivity contribution in [3.8, 4) is 0 Å². The fraction of sp³-hybridized carbons (Fsp3) is 0.333. The molecule has 0 aromatic carbocycles. The fourth-order valence-electron chi connectivity index (χ4n) is 1.79. The molecular weight excluding hydrogens is 204 g/mol. The molecule has 4 heteroatoms. The van der Waals surface area contributed by atoms with E-state index >= 15 is 0 Å². The minimum atomic E-state index is 0.436. The van der Waals surface area contributed by atoms with E-state index in [9.17, 15) is 9.59 Å². The van der Waals surface area contributed by atoms with Crippen LogP contribution in [0.3, 0.4) is 0 Å². The molecule has 0 aliphatic heterocycles. The van der Waals surface area contributed by atoms with E-state index in [2.05, 4.69) is 0 Å². The summed E-state index contributed by atoms with van der Waals surface area (Å²) in [5, 5.41) is 0. The van der Waals surface area contributed by atoms with Crippen molar-refractivity contribution in [1.82, 2.24) is 9.80 Å². The van der Waals surface area contributed by atoms with Crippen molar-refractivity contribution >= 4 is 12.6 Å². The Balaban J connectivity index is 3.29. The third-order valence-electron chi connectivity index (χ3n) is 2.31. The second-order valence-corrected chi connectivity index (χ2v) is 4.00. The zero-order valence-electron chi connectivity index (χ0n) is 10.0. The van der Waals surface area contributed by atoms with Gasteiger partial charge >= 0.3 is 0 Å². The van der Waals surface area contributed by atoms with Crippen LogP contribution in [0.1, 0.15) is 0 Å². The molecule has 1 rings (SSSR count). The number of aldehydes is 2. The molecule has 0 unspecified atom stereocenters. The summed E-state index contributed by atoms with van der Waals surface area (Å²) < 4.78 is 0. The lowest BCUT2D eigenvalue weighted by Crippen LogP contribution is -2.25. The highest BCUT2D eigenvalue weighted by Gasteiger charge is 2.17. The molecule has 0 atom stereocenters. The Morgan fingerprint density at radius 2 is 1.31 bits per heavy atom. The van der Waals surface area contributed by atoms with Crippen LogP contribution in [0.5, 0.6) is 0 Å². The molecule has 0 fully saturated rings. The Kier molecular flexibility index (Phi) is 3.66. The standard InChI is InChI=1S/C12H16N2O2/c1-13(2)12(14(3)4)9-5-10(7-15)11(6-9)8-16/h5-8H,1-4H3. The molecule has 0 N–H and O–H groups in total. The van der Waals surface area contributed by atoms with E-state index < -0.39 is 0 Å². The molecule has 0 radical (unpaired) electrons. The third-order valence-corrected chi connectivity index (χ3v) is 2.31. The molecule has 0 amide bonds. The first kappa shape index (κ1) is 12.2. The molecule has 0 bridgehead atoms. The quantitative estimate of drug-likeness (QED) is 0.650. The van der Waals surface area contributed by atoms with Crippen molar-refractivity contribution in [2.45, 2.75) is 0 Å². The monoisotopic (exact) mass is 220 g/mol. The van der Waals surface area contributed by atoms with E-state index in [4.69, 9.17) is 0 Å². The molecule has 4 nitrogen and oxygen atoms in total. The highest BCUT2D eigenvalue weighted by Crippen LogP contribution is 2.24. The van der Waals surface area contributed by atoms with Crippen LogP contribution in [0.4, 0.5) is 0 Å². The maximum absolute atomic E-state index is 10.8. The summed E-state index contributed by atoms with van der Waals surface area (Å²) in [6.45, 7) is 0. The van der Waals surface area contributed by atoms with Crippen LogP contribution in [-0.4, -0.2) is 50.6 Å². The van der Waals surface area contributed by atoms with Gasteiger partial charge in [0.25, 0.3) is 0 Å². The zero-order valence-corrected chi connectivity index (χ0v) is 10.0. The van der Waals surface area contributed by atoms with Gasteiger partial charge in [-0.2, -0.15) is 0 Å². The maximum atomic E-state index is 10.8. The van der Waals surface area contributed by atoms with Crippen LogP contribution < -0.4 is 0 Å². The average molecular weight is 220 g/mol. The van der Waals surface area contributed by atoms with Gasteiger partial charge in [-0.05, 0) is 12.2 Å². The molecule has 1 aliphatic rings. The summed E-state index contributed by atoms with van der Waals surface area (Å²) in [5.74, 6) is 0.955. The Labute approximate surface area is 95.5 Å². The molecular formula is C12H16N2O2. The van der Waals surface area contributed by atoms with Crippen molar-refractivity contribution in [1.29, 1.82) is 0 Å². The number of hydrogen-bond donors (Lipinski definition) is 0. The van der Waals surface area contributed by atoms with Crippen LogP contribution in [-0.2, 0) is 9.59 Å². The third kappa shape index (κ3) is 2.21. The zero-order chi connectivity index (χ0) is 12.3. The number of hydrogen-bond acceptors (Lipinski definition) is 4. The molecule has 16 heavy (non-hydrogen) atoms. The average Bonchev–Trinajstić information content (AvgIpc) is 2.59. The van der Waals surface area contributed by atoms with Gasteiger partial charge in [-0.15, -0.1) is 0 Å². The van der Waals surface area contributed by atoms with Crippen LogP contribution in [0.2, 0.25) is 0 Å². The number of rotatable bonds is 4. The largest absolute Gasteiger partial charge is 0.364 e. The predicted molar refractivity (Wildman–Crippen MR) is 62.7 cm³/mol. The number of nitrogens with zero attached hydrogens (tertiary/aromatic N) is 2. The van der Waals surface area contributed by atoms with Crippen molar-refractivity contribution in [3.63, 3.8) is 0 Å². The second-order valence-electron chi connectivity index (χ2n) is 4.00. The summed E-state index contributed by atoms with van der Waals surface area (Å²) in [7, 11) is 7.68. The van der Waals surface area contributed by atoms with E-state index in [0.29, 0.717) is 23.7 Å². The lowest BCUT2D eigenvalue weighted by atomic mass is 10.2. The van der Waals surface area contributed by atoms with Crippen molar-refractivity contribution < 1.29 is 9.59 Å². The van der Waals surface area contributed by atoms with Gasteiger partial charge in [-0.3, -0.25) is 9.59 Å². The lowest BCUT2D eigenvalue weighted by molar-refractivity contribution is -0.107.